The number of aromatic nitrogens is 1. The van der Waals surface area contributed by atoms with Gasteiger partial charge in [0.1, 0.15) is 11.3 Å². The predicted octanol–water partition coefficient (Wildman–Crippen LogP) is 3.14. The average Bonchev–Trinajstić information content (AvgIpc) is 2.68. The first kappa shape index (κ1) is 14.9. The third kappa shape index (κ3) is 2.96. The summed E-state index contributed by atoms with van der Waals surface area (Å²) in [5.41, 5.74) is 0.621. The largest absolute Gasteiger partial charge is 0.393 e. The number of rotatable bonds is 2. The quantitative estimate of drug-likeness (QED) is 0.910. The van der Waals surface area contributed by atoms with Crippen molar-refractivity contribution >= 4 is 5.91 Å². The standard InChI is InChI=1S/C13H17F3N2O2/c1-7-11(8(2)20-18-7)12(19)17-10-6-4-3-5-9(10)13(14,15)16/h9-10H,3-6H2,1-2H3,(H,17,19)/t9-,10-/m0/s1. The molecule has 0 bridgehead atoms. The smallest absolute Gasteiger partial charge is 0.361 e. The Kier molecular flexibility index (Phi) is 4.06. The molecule has 1 aliphatic rings. The van der Waals surface area contributed by atoms with E-state index in [1.165, 1.54) is 0 Å². The Balaban J connectivity index is 2.13. The number of nitrogens with zero attached hydrogens (tertiary/aromatic N) is 1. The van der Waals surface area contributed by atoms with Gasteiger partial charge in [-0.15, -0.1) is 0 Å². The van der Waals surface area contributed by atoms with E-state index in [0.717, 1.165) is 0 Å². The number of alkyl halides is 3. The minimum atomic E-state index is -4.28. The maximum Gasteiger partial charge on any atom is 0.393 e. The van der Waals surface area contributed by atoms with Crippen LogP contribution >= 0.6 is 0 Å². The van der Waals surface area contributed by atoms with E-state index in [1.54, 1.807) is 13.8 Å². The van der Waals surface area contributed by atoms with Crippen molar-refractivity contribution in [2.24, 2.45) is 5.92 Å². The van der Waals surface area contributed by atoms with Gasteiger partial charge in [-0.25, -0.2) is 0 Å². The van der Waals surface area contributed by atoms with E-state index in [1.807, 2.05) is 0 Å². The van der Waals surface area contributed by atoms with Crippen molar-refractivity contribution in [3.63, 3.8) is 0 Å². The summed E-state index contributed by atoms with van der Waals surface area (Å²) >= 11 is 0. The molecule has 1 N–H and O–H groups in total. The number of aryl methyl sites for hydroxylation is 2. The SMILES string of the molecule is Cc1noc(C)c1C(=O)N[C@H]1CCCC[C@@H]1C(F)(F)F. The molecule has 0 unspecified atom stereocenters. The lowest BCUT2D eigenvalue weighted by atomic mass is 9.84. The molecule has 0 saturated heterocycles. The Morgan fingerprint density at radius 3 is 2.50 bits per heavy atom. The maximum absolute atomic E-state index is 13.0. The highest BCUT2D eigenvalue weighted by Crippen LogP contribution is 2.37. The Morgan fingerprint density at radius 1 is 1.30 bits per heavy atom. The first-order valence-corrected chi connectivity index (χ1v) is 6.61. The van der Waals surface area contributed by atoms with Crippen molar-refractivity contribution in [1.82, 2.24) is 10.5 Å². The fourth-order valence-corrected chi connectivity index (χ4v) is 2.74. The van der Waals surface area contributed by atoms with Crippen molar-refractivity contribution in [2.75, 3.05) is 0 Å². The fraction of sp³-hybridized carbons (Fsp3) is 0.692. The number of carbonyl (C=O) groups excluding carboxylic acids is 1. The normalized spacial score (nSPS) is 23.6. The molecule has 1 heterocycles. The summed E-state index contributed by atoms with van der Waals surface area (Å²) in [4.78, 5) is 12.1. The molecule has 7 heteroatoms. The Hall–Kier alpha value is -1.53. The van der Waals surface area contributed by atoms with Crippen molar-refractivity contribution in [3.05, 3.63) is 17.0 Å². The molecule has 1 aromatic rings. The van der Waals surface area contributed by atoms with E-state index in [4.69, 9.17) is 4.52 Å². The van der Waals surface area contributed by atoms with Gasteiger partial charge in [-0.2, -0.15) is 13.2 Å². The van der Waals surface area contributed by atoms with Crippen LogP contribution in [0, 0.1) is 19.8 Å². The lowest BCUT2D eigenvalue weighted by Crippen LogP contribution is -2.47. The Bertz CT molecular complexity index is 477. The number of carbonyl (C=O) groups is 1. The second kappa shape index (κ2) is 5.46. The summed E-state index contributed by atoms with van der Waals surface area (Å²) in [6.45, 7) is 3.16. The molecule has 2 atom stereocenters. The molecule has 0 radical (unpaired) electrons. The monoisotopic (exact) mass is 290 g/mol. The number of hydrogen-bond donors (Lipinski definition) is 1. The van der Waals surface area contributed by atoms with Crippen LogP contribution in [0.5, 0.6) is 0 Å². The number of amides is 1. The van der Waals surface area contributed by atoms with Crippen LogP contribution in [0.25, 0.3) is 0 Å². The summed E-state index contributed by atoms with van der Waals surface area (Å²) in [6.07, 6.45) is -2.63. The van der Waals surface area contributed by atoms with Gasteiger partial charge >= 0.3 is 6.18 Å². The topological polar surface area (TPSA) is 55.1 Å². The van der Waals surface area contributed by atoms with Crippen LogP contribution in [0.1, 0.15) is 47.5 Å². The van der Waals surface area contributed by atoms with E-state index >= 15 is 0 Å². The highest BCUT2D eigenvalue weighted by molar-refractivity contribution is 5.96. The minimum absolute atomic E-state index is 0.0655. The predicted molar refractivity (Wildman–Crippen MR) is 65.2 cm³/mol. The first-order valence-electron chi connectivity index (χ1n) is 6.61. The van der Waals surface area contributed by atoms with Gasteiger partial charge in [0, 0.05) is 6.04 Å². The van der Waals surface area contributed by atoms with Crippen LogP contribution in [0.3, 0.4) is 0 Å². The average molecular weight is 290 g/mol. The molecular weight excluding hydrogens is 273 g/mol. The van der Waals surface area contributed by atoms with Gasteiger partial charge in [0.25, 0.3) is 5.91 Å². The van der Waals surface area contributed by atoms with Crippen molar-refractivity contribution in [2.45, 2.75) is 51.7 Å². The van der Waals surface area contributed by atoms with Gasteiger partial charge in [0.05, 0.1) is 11.6 Å². The zero-order valence-electron chi connectivity index (χ0n) is 11.4. The molecule has 0 aromatic carbocycles. The molecule has 20 heavy (non-hydrogen) atoms. The Morgan fingerprint density at radius 2 is 1.95 bits per heavy atom. The van der Waals surface area contributed by atoms with E-state index in [9.17, 15) is 18.0 Å². The molecule has 4 nitrogen and oxygen atoms in total. The Labute approximate surface area is 114 Å². The van der Waals surface area contributed by atoms with Crippen LogP contribution in [0.15, 0.2) is 4.52 Å². The molecule has 1 aliphatic carbocycles. The second-order valence-corrected chi connectivity index (χ2v) is 5.21. The molecule has 0 spiro atoms. The number of hydrogen-bond acceptors (Lipinski definition) is 3. The van der Waals surface area contributed by atoms with E-state index in [-0.39, 0.29) is 12.0 Å². The highest BCUT2D eigenvalue weighted by atomic mass is 19.4. The maximum atomic E-state index is 13.0. The molecule has 1 fully saturated rings. The summed E-state index contributed by atoms with van der Waals surface area (Å²) in [6, 6.07) is -0.870. The molecule has 112 valence electrons. The minimum Gasteiger partial charge on any atom is -0.361 e. The van der Waals surface area contributed by atoms with Gasteiger partial charge in [0.15, 0.2) is 0 Å². The van der Waals surface area contributed by atoms with Crippen LogP contribution in [-0.2, 0) is 0 Å². The van der Waals surface area contributed by atoms with Crippen molar-refractivity contribution < 1.29 is 22.5 Å². The zero-order chi connectivity index (χ0) is 14.9. The van der Waals surface area contributed by atoms with Crippen LogP contribution in [0.4, 0.5) is 13.2 Å². The second-order valence-electron chi connectivity index (χ2n) is 5.21. The summed E-state index contributed by atoms with van der Waals surface area (Å²) in [5.74, 6) is -1.69. The molecule has 1 aromatic heterocycles. The van der Waals surface area contributed by atoms with Crippen molar-refractivity contribution in [1.29, 1.82) is 0 Å². The summed E-state index contributed by atoms with van der Waals surface area (Å²) in [5, 5.41) is 6.14. The van der Waals surface area contributed by atoms with Crippen molar-refractivity contribution in [3.8, 4) is 0 Å². The lowest BCUT2D eigenvalue weighted by molar-refractivity contribution is -0.187. The van der Waals surface area contributed by atoms with E-state index in [2.05, 4.69) is 10.5 Å². The van der Waals surface area contributed by atoms with E-state index < -0.39 is 24.0 Å². The third-order valence-corrected chi connectivity index (χ3v) is 3.76. The van der Waals surface area contributed by atoms with Gasteiger partial charge in [0.2, 0.25) is 0 Å². The molecule has 2 rings (SSSR count). The molecule has 1 saturated carbocycles. The lowest BCUT2D eigenvalue weighted by Gasteiger charge is -2.33. The summed E-state index contributed by atoms with van der Waals surface area (Å²) < 4.78 is 43.7. The van der Waals surface area contributed by atoms with Gasteiger partial charge in [-0.3, -0.25) is 4.79 Å². The van der Waals surface area contributed by atoms with Crippen LogP contribution in [0.2, 0.25) is 0 Å². The third-order valence-electron chi connectivity index (χ3n) is 3.76. The molecule has 1 amide bonds. The molecular formula is C13H17F3N2O2. The van der Waals surface area contributed by atoms with Crippen LogP contribution in [-0.4, -0.2) is 23.3 Å². The van der Waals surface area contributed by atoms with Crippen LogP contribution < -0.4 is 5.32 Å². The fourth-order valence-electron chi connectivity index (χ4n) is 2.74. The first-order chi connectivity index (χ1) is 9.30. The molecule has 0 aliphatic heterocycles. The van der Waals surface area contributed by atoms with Gasteiger partial charge < -0.3 is 9.84 Å². The number of halogens is 3. The number of nitrogens with one attached hydrogen (secondary N) is 1. The van der Waals surface area contributed by atoms with E-state index in [0.29, 0.717) is 30.7 Å². The van der Waals surface area contributed by atoms with Gasteiger partial charge in [-0.05, 0) is 26.7 Å². The summed E-state index contributed by atoms with van der Waals surface area (Å²) in [7, 11) is 0. The highest BCUT2D eigenvalue weighted by Gasteiger charge is 2.46. The zero-order valence-corrected chi connectivity index (χ0v) is 11.4. The van der Waals surface area contributed by atoms with Gasteiger partial charge in [-0.1, -0.05) is 18.0 Å².